The van der Waals surface area contributed by atoms with Crippen LogP contribution in [0.3, 0.4) is 0 Å². The standard InChI is InChI=1S/C20H25N3O2/c1-4-18(24)21-11-10-15-17(12-25-5-2)23-20-13(3)22-16-9-7-6-8-14(16)19(15)20/h6-9,15H,4-5,10-12H2,1-3H3,(H,21,24). The van der Waals surface area contributed by atoms with Gasteiger partial charge in [0.15, 0.2) is 0 Å². The van der Waals surface area contributed by atoms with Gasteiger partial charge in [0.05, 0.1) is 29.2 Å². The van der Waals surface area contributed by atoms with Gasteiger partial charge in [0.1, 0.15) is 0 Å². The number of aromatic nitrogens is 1. The molecule has 5 nitrogen and oxygen atoms in total. The molecule has 3 rings (SSSR count). The molecule has 0 fully saturated rings. The van der Waals surface area contributed by atoms with Crippen molar-refractivity contribution in [2.24, 2.45) is 4.99 Å². The lowest BCUT2D eigenvalue weighted by Gasteiger charge is -2.17. The van der Waals surface area contributed by atoms with Gasteiger partial charge in [0.25, 0.3) is 0 Å². The fraction of sp³-hybridized carbons (Fsp3) is 0.450. The van der Waals surface area contributed by atoms with Crippen molar-refractivity contribution in [1.82, 2.24) is 10.3 Å². The number of ether oxygens (including phenoxy) is 1. The van der Waals surface area contributed by atoms with Crippen LogP contribution in [0.15, 0.2) is 29.3 Å². The first-order valence-electron chi connectivity index (χ1n) is 8.96. The highest BCUT2D eigenvalue weighted by atomic mass is 16.5. The number of aliphatic imine (C=N–C) groups is 1. The third-order valence-electron chi connectivity index (χ3n) is 4.62. The van der Waals surface area contributed by atoms with E-state index in [1.807, 2.05) is 39.0 Å². The first kappa shape index (κ1) is 17.5. The van der Waals surface area contributed by atoms with Gasteiger partial charge in [-0.25, -0.2) is 0 Å². The van der Waals surface area contributed by atoms with Gasteiger partial charge in [0, 0.05) is 30.9 Å². The van der Waals surface area contributed by atoms with Crippen molar-refractivity contribution in [2.75, 3.05) is 19.8 Å². The van der Waals surface area contributed by atoms with E-state index in [-0.39, 0.29) is 11.8 Å². The van der Waals surface area contributed by atoms with Crippen molar-refractivity contribution in [1.29, 1.82) is 0 Å². The Labute approximate surface area is 148 Å². The van der Waals surface area contributed by atoms with Gasteiger partial charge in [-0.3, -0.25) is 14.8 Å². The SMILES string of the molecule is CCOCC1=Nc2c(C)nc3ccccc3c2C1CCNC(=O)CC. The van der Waals surface area contributed by atoms with E-state index in [9.17, 15) is 4.79 Å². The molecule has 1 aliphatic rings. The summed E-state index contributed by atoms with van der Waals surface area (Å²) in [6, 6.07) is 8.20. The summed E-state index contributed by atoms with van der Waals surface area (Å²) in [5, 5.41) is 4.12. The average Bonchev–Trinajstić information content (AvgIpc) is 2.99. The van der Waals surface area contributed by atoms with E-state index in [0.29, 0.717) is 26.2 Å². The van der Waals surface area contributed by atoms with Crippen LogP contribution in [0.2, 0.25) is 0 Å². The minimum atomic E-state index is 0.0808. The number of carbonyl (C=O) groups excluding carboxylic acids is 1. The molecule has 2 heterocycles. The lowest BCUT2D eigenvalue weighted by molar-refractivity contribution is -0.120. The highest BCUT2D eigenvalue weighted by Gasteiger charge is 2.30. The zero-order valence-electron chi connectivity index (χ0n) is 15.1. The number of benzene rings is 1. The number of hydrogen-bond donors (Lipinski definition) is 1. The van der Waals surface area contributed by atoms with E-state index in [1.54, 1.807) is 0 Å². The molecule has 5 heteroatoms. The summed E-state index contributed by atoms with van der Waals surface area (Å²) in [6.07, 6.45) is 1.32. The molecule has 2 aromatic rings. The summed E-state index contributed by atoms with van der Waals surface area (Å²) >= 11 is 0. The second kappa shape index (κ2) is 7.74. The number of pyridine rings is 1. The van der Waals surface area contributed by atoms with E-state index in [1.165, 1.54) is 5.56 Å². The Balaban J connectivity index is 1.96. The molecule has 0 spiro atoms. The summed E-state index contributed by atoms with van der Waals surface area (Å²) in [5.41, 5.74) is 5.17. The lowest BCUT2D eigenvalue weighted by Crippen LogP contribution is -2.26. The van der Waals surface area contributed by atoms with Crippen LogP contribution in [-0.4, -0.2) is 36.4 Å². The van der Waals surface area contributed by atoms with Gasteiger partial charge in [-0.15, -0.1) is 0 Å². The Bertz CT molecular complexity index is 814. The molecule has 1 atom stereocenters. The highest BCUT2D eigenvalue weighted by Crippen LogP contribution is 2.43. The van der Waals surface area contributed by atoms with Crippen LogP contribution in [-0.2, 0) is 9.53 Å². The highest BCUT2D eigenvalue weighted by molar-refractivity contribution is 6.05. The van der Waals surface area contributed by atoms with Gasteiger partial charge in [0.2, 0.25) is 5.91 Å². The van der Waals surface area contributed by atoms with Gasteiger partial charge in [-0.05, 0) is 31.9 Å². The maximum atomic E-state index is 11.6. The van der Waals surface area contributed by atoms with Crippen LogP contribution < -0.4 is 5.32 Å². The molecule has 1 unspecified atom stereocenters. The smallest absolute Gasteiger partial charge is 0.219 e. The van der Waals surface area contributed by atoms with Crippen molar-refractivity contribution < 1.29 is 9.53 Å². The maximum absolute atomic E-state index is 11.6. The fourth-order valence-corrected chi connectivity index (χ4v) is 3.37. The molecule has 1 amide bonds. The maximum Gasteiger partial charge on any atom is 0.219 e. The van der Waals surface area contributed by atoms with Crippen LogP contribution in [0.4, 0.5) is 5.69 Å². The predicted octanol–water partition coefficient (Wildman–Crippen LogP) is 3.67. The third-order valence-corrected chi connectivity index (χ3v) is 4.62. The average molecular weight is 339 g/mol. The molecule has 0 bridgehead atoms. The molecular weight excluding hydrogens is 314 g/mol. The third kappa shape index (κ3) is 3.56. The van der Waals surface area contributed by atoms with Crippen molar-refractivity contribution in [3.63, 3.8) is 0 Å². The van der Waals surface area contributed by atoms with Gasteiger partial charge in [-0.2, -0.15) is 0 Å². The fourth-order valence-electron chi connectivity index (χ4n) is 3.37. The second-order valence-electron chi connectivity index (χ2n) is 6.26. The molecule has 132 valence electrons. The number of nitrogens with zero attached hydrogens (tertiary/aromatic N) is 2. The molecule has 0 saturated heterocycles. The normalized spacial score (nSPS) is 16.0. The van der Waals surface area contributed by atoms with Gasteiger partial charge in [-0.1, -0.05) is 25.1 Å². The quantitative estimate of drug-likeness (QED) is 0.837. The molecule has 1 aromatic heterocycles. The van der Waals surface area contributed by atoms with Crippen LogP contribution >= 0.6 is 0 Å². The van der Waals surface area contributed by atoms with Crippen molar-refractivity contribution in [2.45, 2.75) is 39.5 Å². The lowest BCUT2D eigenvalue weighted by atomic mass is 9.89. The summed E-state index contributed by atoms with van der Waals surface area (Å²) in [6.45, 7) is 7.68. The molecule has 0 saturated carbocycles. The molecule has 25 heavy (non-hydrogen) atoms. The molecule has 1 aliphatic heterocycles. The van der Waals surface area contributed by atoms with Gasteiger partial charge >= 0.3 is 0 Å². The number of para-hydroxylation sites is 1. The monoisotopic (exact) mass is 339 g/mol. The van der Waals surface area contributed by atoms with Crippen molar-refractivity contribution >= 4 is 28.2 Å². The van der Waals surface area contributed by atoms with Crippen molar-refractivity contribution in [3.8, 4) is 0 Å². The largest absolute Gasteiger partial charge is 0.376 e. The van der Waals surface area contributed by atoms with Crippen LogP contribution in [0.1, 0.15) is 43.9 Å². The first-order chi connectivity index (χ1) is 12.2. The number of aryl methyl sites for hydroxylation is 1. The number of amides is 1. The Kier molecular flexibility index (Phi) is 5.43. The van der Waals surface area contributed by atoms with Crippen LogP contribution in [0, 0.1) is 6.92 Å². The summed E-state index contributed by atoms with van der Waals surface area (Å²) < 4.78 is 5.64. The van der Waals surface area contributed by atoms with Crippen LogP contribution in [0.5, 0.6) is 0 Å². The van der Waals surface area contributed by atoms with E-state index < -0.39 is 0 Å². The Morgan fingerprint density at radius 2 is 2.08 bits per heavy atom. The molecule has 0 aliphatic carbocycles. The minimum Gasteiger partial charge on any atom is -0.376 e. The van der Waals surface area contributed by atoms with E-state index in [2.05, 4.69) is 11.4 Å². The molecule has 1 N–H and O–H groups in total. The van der Waals surface area contributed by atoms with E-state index in [4.69, 9.17) is 14.7 Å². The first-order valence-corrected chi connectivity index (χ1v) is 8.96. The number of fused-ring (bicyclic) bond motifs is 3. The summed E-state index contributed by atoms with van der Waals surface area (Å²) in [5.74, 6) is 0.239. The molecular formula is C20H25N3O2. The number of rotatable bonds is 7. The summed E-state index contributed by atoms with van der Waals surface area (Å²) in [7, 11) is 0. The zero-order valence-corrected chi connectivity index (χ0v) is 15.1. The van der Waals surface area contributed by atoms with E-state index >= 15 is 0 Å². The predicted molar refractivity (Wildman–Crippen MR) is 101 cm³/mol. The van der Waals surface area contributed by atoms with Gasteiger partial charge < -0.3 is 10.1 Å². The zero-order chi connectivity index (χ0) is 17.8. The molecule has 0 radical (unpaired) electrons. The number of hydrogen-bond acceptors (Lipinski definition) is 4. The topological polar surface area (TPSA) is 63.6 Å². The minimum absolute atomic E-state index is 0.0808. The summed E-state index contributed by atoms with van der Waals surface area (Å²) in [4.78, 5) is 21.1. The van der Waals surface area contributed by atoms with Crippen LogP contribution in [0.25, 0.3) is 10.9 Å². The Morgan fingerprint density at radius 1 is 1.28 bits per heavy atom. The second-order valence-corrected chi connectivity index (χ2v) is 6.26. The number of carbonyl (C=O) groups is 1. The molecule has 1 aromatic carbocycles. The Hall–Kier alpha value is -2.27. The van der Waals surface area contributed by atoms with Crippen molar-refractivity contribution in [3.05, 3.63) is 35.5 Å². The van der Waals surface area contributed by atoms with E-state index in [0.717, 1.165) is 34.4 Å². The Morgan fingerprint density at radius 3 is 2.84 bits per heavy atom. The number of nitrogens with one attached hydrogen (secondary N) is 1.